The van der Waals surface area contributed by atoms with E-state index < -0.39 is 0 Å². The van der Waals surface area contributed by atoms with Crippen molar-refractivity contribution in [1.29, 1.82) is 0 Å². The lowest BCUT2D eigenvalue weighted by molar-refractivity contribution is 0.0942. The summed E-state index contributed by atoms with van der Waals surface area (Å²) < 4.78 is 1.85. The molecule has 3 aromatic rings. The monoisotopic (exact) mass is 396 g/mol. The second-order valence-corrected chi connectivity index (χ2v) is 7.23. The van der Waals surface area contributed by atoms with E-state index in [0.717, 1.165) is 5.56 Å². The van der Waals surface area contributed by atoms with Gasteiger partial charge < -0.3 is 15.2 Å². The molecule has 1 amide bonds. The summed E-state index contributed by atoms with van der Waals surface area (Å²) in [5, 5.41) is 3.51. The summed E-state index contributed by atoms with van der Waals surface area (Å²) in [6.07, 6.45) is 0. The van der Waals surface area contributed by atoms with Crippen LogP contribution in [0.3, 0.4) is 0 Å². The third-order valence-electron chi connectivity index (χ3n) is 4.82. The summed E-state index contributed by atoms with van der Waals surface area (Å²) in [6.45, 7) is 2.84. The van der Waals surface area contributed by atoms with Gasteiger partial charge in [-0.2, -0.15) is 0 Å². The molecule has 0 aliphatic carbocycles. The molecule has 1 atom stereocenters. The summed E-state index contributed by atoms with van der Waals surface area (Å²) in [5.74, 6) is -0.191. The fraction of sp³-hybridized carbons (Fsp3) is 0.286. The van der Waals surface area contributed by atoms with E-state index >= 15 is 0 Å². The Balaban J connectivity index is 1.83. The van der Waals surface area contributed by atoms with E-state index in [1.807, 2.05) is 51.4 Å². The number of nitrogens with zero attached hydrogens (tertiary/aromatic N) is 2. The highest BCUT2D eigenvalue weighted by molar-refractivity contribution is 7.71. The molecule has 2 N–H and O–H groups in total. The third kappa shape index (κ3) is 4.05. The van der Waals surface area contributed by atoms with Crippen molar-refractivity contribution in [2.45, 2.75) is 19.5 Å². The maximum Gasteiger partial charge on any atom is 0.262 e. The van der Waals surface area contributed by atoms with Crippen molar-refractivity contribution in [1.82, 2.24) is 19.8 Å². The maximum absolute atomic E-state index is 12.7. The number of carbonyl (C=O) groups is 1. The highest BCUT2D eigenvalue weighted by Crippen LogP contribution is 2.17. The zero-order chi connectivity index (χ0) is 20.3. The number of aromatic nitrogens is 2. The number of amides is 1. The van der Waals surface area contributed by atoms with Crippen molar-refractivity contribution in [2.24, 2.45) is 0 Å². The van der Waals surface area contributed by atoms with Gasteiger partial charge in [0.15, 0.2) is 4.77 Å². The number of benzene rings is 2. The molecule has 0 aliphatic heterocycles. The highest BCUT2D eigenvalue weighted by atomic mass is 32.1. The van der Waals surface area contributed by atoms with E-state index in [2.05, 4.69) is 15.2 Å². The fourth-order valence-electron chi connectivity index (χ4n) is 3.25. The SMILES string of the molecule is CCn1c(=S)[nH]c2cc(C(=O)NCC(c3ccccc3)N(C)C)ccc2c1=O. The quantitative estimate of drug-likeness (QED) is 0.628. The predicted molar refractivity (Wildman–Crippen MR) is 114 cm³/mol. The Bertz CT molecular complexity index is 1100. The molecule has 0 aliphatic rings. The Kier molecular flexibility index (Phi) is 6.06. The van der Waals surface area contributed by atoms with Crippen LogP contribution in [0.4, 0.5) is 0 Å². The number of nitrogens with one attached hydrogen (secondary N) is 2. The normalized spacial score (nSPS) is 12.3. The van der Waals surface area contributed by atoms with E-state index in [-0.39, 0.29) is 17.5 Å². The van der Waals surface area contributed by atoms with Crippen LogP contribution in [0.15, 0.2) is 53.3 Å². The molecular weight excluding hydrogens is 372 g/mol. The van der Waals surface area contributed by atoms with Crippen molar-refractivity contribution < 1.29 is 4.79 Å². The molecule has 7 heteroatoms. The third-order valence-corrected chi connectivity index (χ3v) is 5.15. The Labute approximate surface area is 168 Å². The molecule has 0 saturated carbocycles. The number of hydrogen-bond donors (Lipinski definition) is 2. The standard InChI is InChI=1S/C21H24N4O2S/c1-4-25-20(27)16-11-10-15(12-17(16)23-21(25)28)19(26)22-13-18(24(2)3)14-8-6-5-7-9-14/h5-12,18H,4,13H2,1-3H3,(H,22,26)(H,23,28). The lowest BCUT2D eigenvalue weighted by Crippen LogP contribution is -2.34. The molecule has 0 bridgehead atoms. The Morgan fingerprint density at radius 3 is 2.57 bits per heavy atom. The smallest absolute Gasteiger partial charge is 0.262 e. The highest BCUT2D eigenvalue weighted by Gasteiger charge is 2.16. The van der Waals surface area contributed by atoms with Gasteiger partial charge in [0.2, 0.25) is 0 Å². The van der Waals surface area contributed by atoms with Gasteiger partial charge in [-0.05, 0) is 57.0 Å². The van der Waals surface area contributed by atoms with Gasteiger partial charge in [0.05, 0.1) is 16.9 Å². The van der Waals surface area contributed by atoms with Crippen LogP contribution in [0.5, 0.6) is 0 Å². The summed E-state index contributed by atoms with van der Waals surface area (Å²) in [7, 11) is 3.97. The minimum atomic E-state index is -0.191. The maximum atomic E-state index is 12.7. The van der Waals surface area contributed by atoms with E-state index in [1.165, 1.54) is 4.57 Å². The van der Waals surface area contributed by atoms with Gasteiger partial charge in [0.1, 0.15) is 0 Å². The van der Waals surface area contributed by atoms with Gasteiger partial charge in [-0.15, -0.1) is 0 Å². The van der Waals surface area contributed by atoms with Crippen LogP contribution in [-0.2, 0) is 6.54 Å². The number of rotatable bonds is 6. The number of hydrogen-bond acceptors (Lipinski definition) is 4. The second-order valence-electron chi connectivity index (χ2n) is 6.84. The first kappa shape index (κ1) is 20.0. The molecule has 6 nitrogen and oxygen atoms in total. The van der Waals surface area contributed by atoms with E-state index in [4.69, 9.17) is 12.2 Å². The lowest BCUT2D eigenvalue weighted by atomic mass is 10.1. The molecule has 1 heterocycles. The van der Waals surface area contributed by atoms with Crippen LogP contribution in [-0.4, -0.2) is 41.0 Å². The van der Waals surface area contributed by atoms with Crippen LogP contribution < -0.4 is 10.9 Å². The van der Waals surface area contributed by atoms with Crippen molar-refractivity contribution in [3.8, 4) is 0 Å². The van der Waals surface area contributed by atoms with Crippen LogP contribution in [0.1, 0.15) is 28.9 Å². The largest absolute Gasteiger partial charge is 0.350 e. The number of carbonyl (C=O) groups excluding carboxylic acids is 1. The Morgan fingerprint density at radius 2 is 1.93 bits per heavy atom. The van der Waals surface area contributed by atoms with Crippen molar-refractivity contribution in [2.75, 3.05) is 20.6 Å². The molecule has 0 fully saturated rings. The van der Waals surface area contributed by atoms with E-state index in [1.54, 1.807) is 18.2 Å². The van der Waals surface area contributed by atoms with E-state index in [9.17, 15) is 9.59 Å². The minimum Gasteiger partial charge on any atom is -0.350 e. The molecule has 3 rings (SSSR count). The topological polar surface area (TPSA) is 70.1 Å². The van der Waals surface area contributed by atoms with Gasteiger partial charge >= 0.3 is 0 Å². The van der Waals surface area contributed by atoms with Crippen LogP contribution in [0, 0.1) is 4.77 Å². The molecule has 0 saturated heterocycles. The Morgan fingerprint density at radius 1 is 1.21 bits per heavy atom. The number of fused-ring (bicyclic) bond motifs is 1. The van der Waals surface area contributed by atoms with Gasteiger partial charge in [-0.3, -0.25) is 14.2 Å². The zero-order valence-corrected chi connectivity index (χ0v) is 17.0. The Hall–Kier alpha value is -2.77. The molecule has 1 aromatic heterocycles. The first-order valence-corrected chi connectivity index (χ1v) is 9.59. The summed E-state index contributed by atoms with van der Waals surface area (Å²) >= 11 is 5.24. The predicted octanol–water partition coefficient (Wildman–Crippen LogP) is 3.11. The van der Waals surface area contributed by atoms with Gasteiger partial charge in [0.25, 0.3) is 11.5 Å². The first-order valence-electron chi connectivity index (χ1n) is 9.18. The number of H-pyrrole nitrogens is 1. The van der Waals surface area contributed by atoms with Gasteiger partial charge in [0, 0.05) is 18.7 Å². The van der Waals surface area contributed by atoms with Crippen molar-refractivity contribution in [3.63, 3.8) is 0 Å². The van der Waals surface area contributed by atoms with Crippen molar-refractivity contribution >= 4 is 29.0 Å². The van der Waals surface area contributed by atoms with Crippen LogP contribution in [0.2, 0.25) is 0 Å². The van der Waals surface area contributed by atoms with E-state index in [0.29, 0.717) is 34.3 Å². The molecule has 28 heavy (non-hydrogen) atoms. The molecule has 0 spiro atoms. The van der Waals surface area contributed by atoms with Gasteiger partial charge in [-0.1, -0.05) is 30.3 Å². The average molecular weight is 397 g/mol. The minimum absolute atomic E-state index is 0.0631. The first-order chi connectivity index (χ1) is 13.4. The summed E-state index contributed by atoms with van der Waals surface area (Å²) in [5.41, 5.74) is 2.04. The molecule has 2 aromatic carbocycles. The van der Waals surface area contributed by atoms with Gasteiger partial charge in [-0.25, -0.2) is 0 Å². The van der Waals surface area contributed by atoms with Crippen LogP contribution >= 0.6 is 12.2 Å². The number of aromatic amines is 1. The lowest BCUT2D eigenvalue weighted by Gasteiger charge is -2.25. The summed E-state index contributed by atoms with van der Waals surface area (Å²) in [6, 6.07) is 15.1. The second kappa shape index (κ2) is 8.50. The number of likely N-dealkylation sites (N-methyl/N-ethyl adjacent to an activating group) is 1. The zero-order valence-electron chi connectivity index (χ0n) is 16.2. The van der Waals surface area contributed by atoms with Crippen molar-refractivity contribution in [3.05, 3.63) is 74.8 Å². The molecular formula is C21H24N4O2S. The van der Waals surface area contributed by atoms with Crippen LogP contribution in [0.25, 0.3) is 10.9 Å². The molecule has 146 valence electrons. The fourth-order valence-corrected chi connectivity index (χ4v) is 3.57. The summed E-state index contributed by atoms with van der Waals surface area (Å²) in [4.78, 5) is 30.3. The molecule has 1 unspecified atom stereocenters. The average Bonchev–Trinajstić information content (AvgIpc) is 2.68. The molecule has 0 radical (unpaired) electrons.